The van der Waals surface area contributed by atoms with Crippen LogP contribution in [0.4, 0.5) is 0 Å². The second-order valence-corrected chi connectivity index (χ2v) is 3.81. The zero-order chi connectivity index (χ0) is 9.84. The fraction of sp³-hybridized carbons (Fsp3) is 0.800. The molecule has 3 heteroatoms. The Morgan fingerprint density at radius 3 is 2.62 bits per heavy atom. The minimum atomic E-state index is -0.0391. The van der Waals surface area contributed by atoms with Crippen molar-refractivity contribution in [2.45, 2.75) is 45.6 Å². The van der Waals surface area contributed by atoms with Crippen molar-refractivity contribution in [3.63, 3.8) is 0 Å². The van der Waals surface area contributed by atoms with Crippen LogP contribution in [0.5, 0.6) is 0 Å². The minimum absolute atomic E-state index is 0.000278. The van der Waals surface area contributed by atoms with Gasteiger partial charge in [-0.15, -0.1) is 0 Å². The lowest BCUT2D eigenvalue weighted by molar-refractivity contribution is -0.137. The van der Waals surface area contributed by atoms with E-state index in [0.29, 0.717) is 6.04 Å². The highest BCUT2D eigenvalue weighted by atomic mass is 16.2. The van der Waals surface area contributed by atoms with Gasteiger partial charge in [0.15, 0.2) is 0 Å². The molecular weight excluding hydrogens is 166 g/mol. The third kappa shape index (κ3) is 2.83. The van der Waals surface area contributed by atoms with Crippen molar-refractivity contribution in [2.24, 2.45) is 0 Å². The molecule has 0 aromatic carbocycles. The molecule has 0 aliphatic carbocycles. The minimum Gasteiger partial charge on any atom is -0.340 e. The van der Waals surface area contributed by atoms with Crippen LogP contribution in [0.3, 0.4) is 0 Å². The first-order chi connectivity index (χ1) is 6.11. The number of hydrogen-bond donors (Lipinski definition) is 0. The van der Waals surface area contributed by atoms with Crippen LogP contribution in [-0.4, -0.2) is 29.2 Å². The highest BCUT2D eigenvalue weighted by Gasteiger charge is 2.23. The summed E-state index contributed by atoms with van der Waals surface area (Å²) in [5.74, 6) is -0.0394. The molecule has 1 saturated heterocycles. The topological polar surface area (TPSA) is 37.4 Å². The largest absolute Gasteiger partial charge is 0.340 e. The molecule has 0 aromatic rings. The van der Waals surface area contributed by atoms with E-state index in [1.165, 1.54) is 13.3 Å². The summed E-state index contributed by atoms with van der Waals surface area (Å²) in [7, 11) is 0. The van der Waals surface area contributed by atoms with Crippen LogP contribution < -0.4 is 0 Å². The lowest BCUT2D eigenvalue weighted by atomic mass is 10.0. The molecule has 1 atom stereocenters. The van der Waals surface area contributed by atoms with Gasteiger partial charge >= 0.3 is 0 Å². The smallest absolute Gasteiger partial charge is 0.230 e. The van der Waals surface area contributed by atoms with Gasteiger partial charge in [-0.1, -0.05) is 0 Å². The van der Waals surface area contributed by atoms with Gasteiger partial charge in [-0.2, -0.15) is 0 Å². The summed E-state index contributed by atoms with van der Waals surface area (Å²) in [6.45, 7) is 4.34. The van der Waals surface area contributed by atoms with Crippen molar-refractivity contribution in [1.29, 1.82) is 0 Å². The Labute approximate surface area is 79.1 Å². The molecular formula is C10H17NO2. The number of nitrogens with zero attached hydrogens (tertiary/aromatic N) is 1. The highest BCUT2D eigenvalue weighted by Crippen LogP contribution is 2.17. The van der Waals surface area contributed by atoms with Gasteiger partial charge in [-0.05, 0) is 33.1 Å². The number of piperidine rings is 1. The number of carbonyl (C=O) groups is 2. The van der Waals surface area contributed by atoms with Crippen LogP contribution in [0.15, 0.2) is 0 Å². The fourth-order valence-corrected chi connectivity index (χ4v) is 1.78. The van der Waals surface area contributed by atoms with E-state index in [0.717, 1.165) is 19.4 Å². The molecule has 1 fully saturated rings. The maximum absolute atomic E-state index is 11.5. The van der Waals surface area contributed by atoms with Gasteiger partial charge in [0.05, 0.1) is 6.42 Å². The molecule has 1 aliphatic rings. The van der Waals surface area contributed by atoms with Crippen LogP contribution in [0, 0.1) is 0 Å². The molecule has 3 nitrogen and oxygen atoms in total. The molecule has 0 spiro atoms. The Morgan fingerprint density at radius 2 is 2.08 bits per heavy atom. The summed E-state index contributed by atoms with van der Waals surface area (Å²) in [5, 5.41) is 0. The maximum Gasteiger partial charge on any atom is 0.230 e. The van der Waals surface area contributed by atoms with Gasteiger partial charge in [0.1, 0.15) is 5.78 Å². The predicted molar refractivity (Wildman–Crippen MR) is 50.3 cm³/mol. The number of rotatable bonds is 2. The van der Waals surface area contributed by atoms with E-state index in [9.17, 15) is 9.59 Å². The molecule has 0 radical (unpaired) electrons. The highest BCUT2D eigenvalue weighted by molar-refractivity contribution is 5.96. The van der Waals surface area contributed by atoms with Gasteiger partial charge < -0.3 is 4.90 Å². The van der Waals surface area contributed by atoms with Gasteiger partial charge in [-0.3, -0.25) is 9.59 Å². The van der Waals surface area contributed by atoms with E-state index in [1.54, 1.807) is 0 Å². The first-order valence-electron chi connectivity index (χ1n) is 4.90. The number of carbonyl (C=O) groups excluding carboxylic acids is 2. The van der Waals surface area contributed by atoms with E-state index in [1.807, 2.05) is 4.90 Å². The third-order valence-corrected chi connectivity index (χ3v) is 2.52. The fourth-order valence-electron chi connectivity index (χ4n) is 1.78. The summed E-state index contributed by atoms with van der Waals surface area (Å²) in [5.41, 5.74) is 0. The Kier molecular flexibility index (Phi) is 3.46. The zero-order valence-corrected chi connectivity index (χ0v) is 8.38. The van der Waals surface area contributed by atoms with Crippen LogP contribution in [0.2, 0.25) is 0 Å². The normalized spacial score (nSPS) is 22.9. The molecule has 0 N–H and O–H groups in total. The van der Waals surface area contributed by atoms with Crippen molar-refractivity contribution in [3.05, 3.63) is 0 Å². The summed E-state index contributed by atoms with van der Waals surface area (Å²) < 4.78 is 0. The first-order valence-corrected chi connectivity index (χ1v) is 4.90. The Morgan fingerprint density at radius 1 is 1.38 bits per heavy atom. The Balaban J connectivity index is 2.48. The summed E-state index contributed by atoms with van der Waals surface area (Å²) in [4.78, 5) is 24.1. The van der Waals surface area contributed by atoms with E-state index in [-0.39, 0.29) is 18.1 Å². The van der Waals surface area contributed by atoms with Crippen molar-refractivity contribution in [1.82, 2.24) is 4.90 Å². The van der Waals surface area contributed by atoms with E-state index in [2.05, 4.69) is 6.92 Å². The molecule has 1 unspecified atom stereocenters. The average molecular weight is 183 g/mol. The van der Waals surface area contributed by atoms with Crippen LogP contribution in [-0.2, 0) is 9.59 Å². The second-order valence-electron chi connectivity index (χ2n) is 3.81. The number of amides is 1. The molecule has 0 saturated carbocycles. The number of ketones is 1. The molecule has 1 heterocycles. The standard InChI is InChI=1S/C10H17NO2/c1-8-5-3-4-6-11(8)10(13)7-9(2)12/h8H,3-7H2,1-2H3. The summed E-state index contributed by atoms with van der Waals surface area (Å²) >= 11 is 0. The molecule has 1 aliphatic heterocycles. The molecule has 13 heavy (non-hydrogen) atoms. The molecule has 0 bridgehead atoms. The van der Waals surface area contributed by atoms with Crippen molar-refractivity contribution in [2.75, 3.05) is 6.54 Å². The van der Waals surface area contributed by atoms with Crippen molar-refractivity contribution in [3.8, 4) is 0 Å². The van der Waals surface area contributed by atoms with E-state index in [4.69, 9.17) is 0 Å². The zero-order valence-electron chi connectivity index (χ0n) is 8.38. The lowest BCUT2D eigenvalue weighted by Gasteiger charge is -2.33. The van der Waals surface area contributed by atoms with Crippen molar-refractivity contribution < 1.29 is 9.59 Å². The van der Waals surface area contributed by atoms with Crippen LogP contribution >= 0.6 is 0 Å². The molecule has 74 valence electrons. The summed E-state index contributed by atoms with van der Waals surface area (Å²) in [6.07, 6.45) is 3.42. The lowest BCUT2D eigenvalue weighted by Crippen LogP contribution is -2.42. The van der Waals surface area contributed by atoms with Gasteiger partial charge in [0.25, 0.3) is 0 Å². The second kappa shape index (κ2) is 4.40. The number of Topliss-reactive ketones (excluding diaryl/α,β-unsaturated/α-hetero) is 1. The number of likely N-dealkylation sites (tertiary alicyclic amines) is 1. The molecule has 0 aromatic heterocycles. The summed E-state index contributed by atoms with van der Waals surface area (Å²) in [6, 6.07) is 0.320. The van der Waals surface area contributed by atoms with Crippen LogP contribution in [0.1, 0.15) is 39.5 Å². The monoisotopic (exact) mass is 183 g/mol. The maximum atomic E-state index is 11.5. The van der Waals surface area contributed by atoms with Gasteiger partial charge in [0.2, 0.25) is 5.91 Å². The third-order valence-electron chi connectivity index (χ3n) is 2.52. The van der Waals surface area contributed by atoms with Crippen LogP contribution in [0.25, 0.3) is 0 Å². The van der Waals surface area contributed by atoms with E-state index >= 15 is 0 Å². The molecule has 1 amide bonds. The Bertz CT molecular complexity index is 213. The quantitative estimate of drug-likeness (QED) is 0.606. The van der Waals surface area contributed by atoms with Gasteiger partial charge in [0, 0.05) is 12.6 Å². The van der Waals surface area contributed by atoms with Gasteiger partial charge in [-0.25, -0.2) is 0 Å². The number of hydrogen-bond acceptors (Lipinski definition) is 2. The Hall–Kier alpha value is -0.860. The first kappa shape index (κ1) is 10.2. The predicted octanol–water partition coefficient (Wildman–Crippen LogP) is 1.37. The SMILES string of the molecule is CC(=O)CC(=O)N1CCCCC1C. The van der Waals surface area contributed by atoms with E-state index < -0.39 is 0 Å². The average Bonchev–Trinajstić information content (AvgIpc) is 2.03. The van der Waals surface area contributed by atoms with Crippen molar-refractivity contribution >= 4 is 11.7 Å². The molecule has 1 rings (SSSR count).